The third kappa shape index (κ3) is 8.20. The lowest BCUT2D eigenvalue weighted by molar-refractivity contribution is -0.139. The van der Waals surface area contributed by atoms with Crippen LogP contribution < -0.4 is 19.1 Å². The first-order chi connectivity index (χ1) is 19.6. The molecule has 41 heavy (non-hydrogen) atoms. The number of rotatable bonds is 14. The molecule has 0 bridgehead atoms. The van der Waals surface area contributed by atoms with Gasteiger partial charge in [-0.15, -0.1) is 0 Å². The quantitative estimate of drug-likeness (QED) is 0.301. The molecule has 220 valence electrons. The predicted molar refractivity (Wildman–Crippen MR) is 155 cm³/mol. The van der Waals surface area contributed by atoms with Gasteiger partial charge in [0, 0.05) is 13.1 Å². The van der Waals surface area contributed by atoms with Gasteiger partial charge in [-0.2, -0.15) is 0 Å². The normalized spacial score (nSPS) is 11.8. The second-order valence-electron chi connectivity index (χ2n) is 9.23. The number of nitrogens with zero attached hydrogens (tertiary/aromatic N) is 2. The maximum Gasteiger partial charge on any atom is 0.264 e. The molecule has 0 heterocycles. The summed E-state index contributed by atoms with van der Waals surface area (Å²) < 4.78 is 53.0. The Morgan fingerprint density at radius 3 is 2.10 bits per heavy atom. The molecule has 11 heteroatoms. The largest absolute Gasteiger partial charge is 0.497 e. The average Bonchev–Trinajstić information content (AvgIpc) is 2.98. The average molecular weight is 586 g/mol. The zero-order chi connectivity index (χ0) is 30.0. The number of benzene rings is 3. The maximum atomic E-state index is 13.9. The molecule has 0 fully saturated rings. The van der Waals surface area contributed by atoms with Crippen molar-refractivity contribution in [2.45, 2.75) is 44.7 Å². The van der Waals surface area contributed by atoms with E-state index in [0.717, 1.165) is 22.0 Å². The lowest BCUT2D eigenvalue weighted by Gasteiger charge is -2.32. The van der Waals surface area contributed by atoms with Crippen LogP contribution in [0.3, 0.4) is 0 Å². The van der Waals surface area contributed by atoms with Crippen molar-refractivity contribution in [2.24, 2.45) is 0 Å². The first-order valence-corrected chi connectivity index (χ1v) is 14.8. The molecule has 1 unspecified atom stereocenters. The van der Waals surface area contributed by atoms with Gasteiger partial charge in [0.2, 0.25) is 11.8 Å². The number of halogens is 1. The van der Waals surface area contributed by atoms with Crippen molar-refractivity contribution in [3.63, 3.8) is 0 Å². The van der Waals surface area contributed by atoms with E-state index in [1.807, 2.05) is 13.8 Å². The van der Waals surface area contributed by atoms with Crippen LogP contribution in [0.4, 0.5) is 10.1 Å². The molecule has 0 aliphatic heterocycles. The van der Waals surface area contributed by atoms with Crippen molar-refractivity contribution in [1.29, 1.82) is 0 Å². The number of sulfonamides is 1. The zero-order valence-electron chi connectivity index (χ0n) is 23.7. The summed E-state index contributed by atoms with van der Waals surface area (Å²) in [6, 6.07) is 16.8. The molecule has 0 radical (unpaired) electrons. The van der Waals surface area contributed by atoms with Gasteiger partial charge in [-0.1, -0.05) is 19.1 Å². The fourth-order valence-electron chi connectivity index (χ4n) is 4.04. The first-order valence-electron chi connectivity index (χ1n) is 13.3. The van der Waals surface area contributed by atoms with Crippen molar-refractivity contribution in [3.8, 4) is 11.5 Å². The Bertz CT molecular complexity index is 1400. The number of ether oxygens (including phenoxy) is 2. The van der Waals surface area contributed by atoms with E-state index < -0.39 is 34.3 Å². The fourth-order valence-corrected chi connectivity index (χ4v) is 5.46. The molecule has 0 aliphatic carbocycles. The topological polar surface area (TPSA) is 105 Å². The number of hydrogen-bond acceptors (Lipinski definition) is 6. The van der Waals surface area contributed by atoms with Crippen LogP contribution in [0.5, 0.6) is 11.5 Å². The molecule has 3 rings (SSSR count). The van der Waals surface area contributed by atoms with Crippen LogP contribution in [0.15, 0.2) is 77.7 Å². The number of hydrogen-bond donors (Lipinski definition) is 1. The van der Waals surface area contributed by atoms with Crippen LogP contribution in [-0.4, -0.2) is 58.0 Å². The van der Waals surface area contributed by atoms with Gasteiger partial charge in [-0.05, 0) is 86.5 Å². The van der Waals surface area contributed by atoms with Gasteiger partial charge in [-0.25, -0.2) is 12.8 Å². The Kier molecular flexibility index (Phi) is 11.1. The third-order valence-corrected chi connectivity index (χ3v) is 8.13. The SMILES string of the molecule is CCCNC(=O)C(C)N(Cc1ccc(OC)cc1)C(=O)CN(c1ccc(F)cc1)S(=O)(=O)c1ccc(OCC)cc1. The van der Waals surface area contributed by atoms with Crippen LogP contribution >= 0.6 is 0 Å². The molecule has 0 aromatic heterocycles. The minimum Gasteiger partial charge on any atom is -0.497 e. The molecule has 0 saturated heterocycles. The van der Waals surface area contributed by atoms with Crippen molar-refractivity contribution in [3.05, 3.63) is 84.2 Å². The first kappa shape index (κ1) is 31.4. The second kappa shape index (κ2) is 14.5. The number of methoxy groups -OCH3 is 1. The lowest BCUT2D eigenvalue weighted by Crippen LogP contribution is -2.51. The molecule has 2 amide bonds. The molecule has 0 saturated carbocycles. The summed E-state index contributed by atoms with van der Waals surface area (Å²) in [5.41, 5.74) is 0.818. The summed E-state index contributed by atoms with van der Waals surface area (Å²) in [7, 11) is -2.74. The minimum atomic E-state index is -4.28. The Morgan fingerprint density at radius 1 is 0.927 bits per heavy atom. The lowest BCUT2D eigenvalue weighted by atomic mass is 10.1. The molecule has 1 atom stereocenters. The fraction of sp³-hybridized carbons (Fsp3) is 0.333. The molecular weight excluding hydrogens is 549 g/mol. The number of carbonyl (C=O) groups is 2. The highest BCUT2D eigenvalue weighted by molar-refractivity contribution is 7.92. The molecule has 9 nitrogen and oxygen atoms in total. The summed E-state index contributed by atoms with van der Waals surface area (Å²) >= 11 is 0. The Balaban J connectivity index is 2.00. The maximum absolute atomic E-state index is 13.9. The molecule has 3 aromatic rings. The van der Waals surface area contributed by atoms with Crippen molar-refractivity contribution >= 4 is 27.5 Å². The standard InChI is InChI=1S/C30H36FN3O6S/c1-5-19-32-30(36)22(3)33(20-23-7-13-26(39-4)14-8-23)29(35)21-34(25-11-9-24(31)10-12-25)41(37,38)28-17-15-27(16-18-28)40-6-2/h7-18,22H,5-6,19-21H2,1-4H3,(H,32,36). The van der Waals surface area contributed by atoms with Crippen LogP contribution in [0.1, 0.15) is 32.8 Å². The monoisotopic (exact) mass is 585 g/mol. The van der Waals surface area contributed by atoms with E-state index >= 15 is 0 Å². The minimum absolute atomic E-state index is 0.0455. The number of nitrogens with one attached hydrogen (secondary N) is 1. The van der Waals surface area contributed by atoms with Crippen molar-refractivity contribution in [1.82, 2.24) is 10.2 Å². The molecule has 1 N–H and O–H groups in total. The van der Waals surface area contributed by atoms with Crippen LogP contribution in [0.25, 0.3) is 0 Å². The predicted octanol–water partition coefficient (Wildman–Crippen LogP) is 4.37. The van der Waals surface area contributed by atoms with Gasteiger partial charge in [-0.3, -0.25) is 13.9 Å². The van der Waals surface area contributed by atoms with Gasteiger partial charge in [0.1, 0.15) is 29.9 Å². The molecule has 0 aliphatic rings. The summed E-state index contributed by atoms with van der Waals surface area (Å²) in [4.78, 5) is 28.1. The van der Waals surface area contributed by atoms with E-state index in [2.05, 4.69) is 5.32 Å². The Morgan fingerprint density at radius 2 is 1.54 bits per heavy atom. The van der Waals surface area contributed by atoms with E-state index in [1.54, 1.807) is 38.3 Å². The number of carbonyl (C=O) groups excluding carboxylic acids is 2. The van der Waals surface area contributed by atoms with Crippen molar-refractivity contribution < 1.29 is 31.9 Å². The van der Waals surface area contributed by atoms with Gasteiger partial charge in [0.15, 0.2) is 0 Å². The smallest absolute Gasteiger partial charge is 0.264 e. The highest BCUT2D eigenvalue weighted by atomic mass is 32.2. The second-order valence-corrected chi connectivity index (χ2v) is 11.1. The van der Waals surface area contributed by atoms with Crippen LogP contribution in [0, 0.1) is 5.82 Å². The van der Waals surface area contributed by atoms with E-state index in [1.165, 1.54) is 41.3 Å². The number of amides is 2. The molecular formula is C30H36FN3O6S. The third-order valence-electron chi connectivity index (χ3n) is 6.34. The summed E-state index contributed by atoms with van der Waals surface area (Å²) in [6.45, 7) is 5.59. The van der Waals surface area contributed by atoms with Crippen LogP contribution in [0.2, 0.25) is 0 Å². The van der Waals surface area contributed by atoms with E-state index in [4.69, 9.17) is 9.47 Å². The highest BCUT2D eigenvalue weighted by Gasteiger charge is 2.32. The van der Waals surface area contributed by atoms with E-state index in [0.29, 0.717) is 31.1 Å². The van der Waals surface area contributed by atoms with E-state index in [9.17, 15) is 22.4 Å². The van der Waals surface area contributed by atoms with Crippen LogP contribution in [-0.2, 0) is 26.2 Å². The Labute approximate surface area is 240 Å². The molecule has 0 spiro atoms. The molecule has 3 aromatic carbocycles. The van der Waals surface area contributed by atoms with Gasteiger partial charge in [0.05, 0.1) is 24.3 Å². The summed E-state index contributed by atoms with van der Waals surface area (Å²) in [6.07, 6.45) is 0.712. The number of anilines is 1. The highest BCUT2D eigenvalue weighted by Crippen LogP contribution is 2.26. The van der Waals surface area contributed by atoms with Gasteiger partial charge < -0.3 is 19.7 Å². The van der Waals surface area contributed by atoms with Gasteiger partial charge >= 0.3 is 0 Å². The van der Waals surface area contributed by atoms with E-state index in [-0.39, 0.29) is 23.0 Å². The van der Waals surface area contributed by atoms with Gasteiger partial charge in [0.25, 0.3) is 10.0 Å². The Hall–Kier alpha value is -4.12. The summed E-state index contributed by atoms with van der Waals surface area (Å²) in [5.74, 6) is -0.409. The summed E-state index contributed by atoms with van der Waals surface area (Å²) in [5, 5.41) is 2.80. The zero-order valence-corrected chi connectivity index (χ0v) is 24.5. The van der Waals surface area contributed by atoms with Crippen molar-refractivity contribution in [2.75, 3.05) is 31.1 Å².